The van der Waals surface area contributed by atoms with Crippen LogP contribution >= 0.6 is 0 Å². The van der Waals surface area contributed by atoms with Gasteiger partial charge in [0.2, 0.25) is 0 Å². The second-order valence-electron chi connectivity index (χ2n) is 6.53. The fourth-order valence-corrected chi connectivity index (χ4v) is 2.95. The molecule has 0 spiro atoms. The fourth-order valence-electron chi connectivity index (χ4n) is 2.95. The molecular weight excluding hydrogens is 340 g/mol. The molecular formula is C21H18N4O2. The van der Waals surface area contributed by atoms with Gasteiger partial charge in [-0.15, -0.1) is 0 Å². The molecule has 4 rings (SSSR count). The third-order valence-corrected chi connectivity index (χ3v) is 4.61. The quantitative estimate of drug-likeness (QED) is 0.564. The summed E-state index contributed by atoms with van der Waals surface area (Å²) in [6.45, 7) is 4.23. The Bertz CT molecular complexity index is 1270. The normalized spacial score (nSPS) is 11.0. The maximum atomic E-state index is 12.3. The molecule has 0 amide bonds. The fraction of sp³-hybridized carbons (Fsp3) is 0.143. The first-order valence-electron chi connectivity index (χ1n) is 8.64. The van der Waals surface area contributed by atoms with Crippen LogP contribution in [0.3, 0.4) is 0 Å². The highest BCUT2D eigenvalue weighted by Crippen LogP contribution is 2.19. The lowest BCUT2D eigenvalue weighted by Gasteiger charge is -2.09. The highest BCUT2D eigenvalue weighted by atomic mass is 16.1. The van der Waals surface area contributed by atoms with Gasteiger partial charge in [0, 0.05) is 23.9 Å². The Morgan fingerprint density at radius 2 is 1.74 bits per heavy atom. The Morgan fingerprint density at radius 1 is 0.889 bits per heavy atom. The molecule has 134 valence electrons. The Kier molecular flexibility index (Phi) is 4.16. The molecule has 0 N–H and O–H groups in total. The first kappa shape index (κ1) is 16.9. The van der Waals surface area contributed by atoms with Crippen molar-refractivity contribution in [2.75, 3.05) is 0 Å². The highest BCUT2D eigenvalue weighted by molar-refractivity contribution is 5.60. The van der Waals surface area contributed by atoms with E-state index in [4.69, 9.17) is 0 Å². The summed E-state index contributed by atoms with van der Waals surface area (Å²) in [5, 5.41) is 4.47. The molecule has 0 aliphatic heterocycles. The largest absolute Gasteiger partial charge is 0.269 e. The predicted octanol–water partition coefficient (Wildman–Crippen LogP) is 2.58. The van der Waals surface area contributed by atoms with E-state index in [1.807, 2.05) is 31.2 Å². The van der Waals surface area contributed by atoms with Crippen LogP contribution in [0.4, 0.5) is 0 Å². The van der Waals surface area contributed by atoms with Gasteiger partial charge < -0.3 is 0 Å². The summed E-state index contributed by atoms with van der Waals surface area (Å²) in [5.41, 5.74) is 4.63. The van der Waals surface area contributed by atoms with E-state index in [1.165, 1.54) is 26.8 Å². The highest BCUT2D eigenvalue weighted by Gasteiger charge is 2.08. The van der Waals surface area contributed by atoms with E-state index in [9.17, 15) is 9.59 Å². The van der Waals surface area contributed by atoms with Crippen molar-refractivity contribution >= 4 is 5.65 Å². The minimum absolute atomic E-state index is 0.137. The second kappa shape index (κ2) is 6.64. The molecule has 0 saturated carbocycles. The van der Waals surface area contributed by atoms with E-state index in [0.29, 0.717) is 17.0 Å². The molecule has 3 heterocycles. The van der Waals surface area contributed by atoms with Crippen molar-refractivity contribution in [2.45, 2.75) is 20.4 Å². The average Bonchev–Trinajstić information content (AvgIpc) is 2.66. The SMILES string of the molecule is Cc1ccc(-c2ccc(=O)n(Cc3cc(=O)n4ccccc4n3)n2)cc1C. The Hall–Kier alpha value is -3.54. The molecule has 6 heteroatoms. The topological polar surface area (TPSA) is 69.3 Å². The van der Waals surface area contributed by atoms with Crippen molar-refractivity contribution in [3.63, 3.8) is 0 Å². The number of nitrogens with zero attached hydrogens (tertiary/aromatic N) is 4. The van der Waals surface area contributed by atoms with Crippen molar-refractivity contribution in [3.8, 4) is 11.3 Å². The summed E-state index contributed by atoms with van der Waals surface area (Å²) in [7, 11) is 0. The van der Waals surface area contributed by atoms with Crippen molar-refractivity contribution in [1.29, 1.82) is 0 Å². The van der Waals surface area contributed by atoms with Gasteiger partial charge in [0.25, 0.3) is 11.1 Å². The summed E-state index contributed by atoms with van der Waals surface area (Å²) in [6.07, 6.45) is 1.67. The van der Waals surface area contributed by atoms with Crippen LogP contribution in [0.2, 0.25) is 0 Å². The van der Waals surface area contributed by atoms with Crippen LogP contribution in [0, 0.1) is 13.8 Å². The molecule has 0 fully saturated rings. The molecule has 0 atom stereocenters. The number of benzene rings is 1. The summed E-state index contributed by atoms with van der Waals surface area (Å²) in [6, 6.07) is 16.1. The molecule has 0 radical (unpaired) electrons. The van der Waals surface area contributed by atoms with Crippen LogP contribution in [-0.4, -0.2) is 19.2 Å². The Morgan fingerprint density at radius 3 is 2.56 bits per heavy atom. The average molecular weight is 358 g/mol. The van der Waals surface area contributed by atoms with Gasteiger partial charge in [0.1, 0.15) is 5.65 Å². The van der Waals surface area contributed by atoms with Crippen molar-refractivity contribution in [2.24, 2.45) is 0 Å². The summed E-state index contributed by atoms with van der Waals surface area (Å²) in [5.74, 6) is 0. The number of hydrogen-bond acceptors (Lipinski definition) is 4. The lowest BCUT2D eigenvalue weighted by atomic mass is 10.0. The van der Waals surface area contributed by atoms with Gasteiger partial charge in [-0.1, -0.05) is 18.2 Å². The van der Waals surface area contributed by atoms with Crippen molar-refractivity contribution < 1.29 is 0 Å². The van der Waals surface area contributed by atoms with Gasteiger partial charge in [0.05, 0.1) is 17.9 Å². The summed E-state index contributed by atoms with van der Waals surface area (Å²) >= 11 is 0. The minimum atomic E-state index is -0.238. The minimum Gasteiger partial charge on any atom is -0.269 e. The zero-order chi connectivity index (χ0) is 19.0. The van der Waals surface area contributed by atoms with Gasteiger partial charge in [0.15, 0.2) is 0 Å². The van der Waals surface area contributed by atoms with Crippen LogP contribution in [0.15, 0.2) is 70.4 Å². The van der Waals surface area contributed by atoms with E-state index < -0.39 is 0 Å². The first-order valence-corrected chi connectivity index (χ1v) is 8.64. The molecule has 0 saturated heterocycles. The third kappa shape index (κ3) is 3.29. The second-order valence-corrected chi connectivity index (χ2v) is 6.53. The number of aromatic nitrogens is 4. The van der Waals surface area contributed by atoms with Gasteiger partial charge >= 0.3 is 0 Å². The van der Waals surface area contributed by atoms with E-state index in [2.05, 4.69) is 17.0 Å². The molecule has 6 nitrogen and oxygen atoms in total. The number of aryl methyl sites for hydroxylation is 2. The maximum Gasteiger partial charge on any atom is 0.267 e. The zero-order valence-electron chi connectivity index (χ0n) is 15.1. The summed E-state index contributed by atoms with van der Waals surface area (Å²) in [4.78, 5) is 29.0. The maximum absolute atomic E-state index is 12.3. The number of fused-ring (bicyclic) bond motifs is 1. The standard InChI is InChI=1S/C21H18N4O2/c1-14-6-7-16(11-15(14)2)18-8-9-20(26)25(23-18)13-17-12-21(27)24-10-4-3-5-19(24)22-17/h3-12H,13H2,1-2H3. The lowest BCUT2D eigenvalue weighted by molar-refractivity contribution is 0.630. The van der Waals surface area contributed by atoms with Gasteiger partial charge in [-0.25, -0.2) is 9.67 Å². The van der Waals surface area contributed by atoms with Gasteiger partial charge in [-0.2, -0.15) is 5.10 Å². The molecule has 1 aromatic carbocycles. The van der Waals surface area contributed by atoms with E-state index in [1.54, 1.807) is 24.4 Å². The van der Waals surface area contributed by atoms with Crippen LogP contribution < -0.4 is 11.1 Å². The zero-order valence-corrected chi connectivity index (χ0v) is 15.1. The molecule has 0 aliphatic carbocycles. The number of pyridine rings is 1. The molecule has 27 heavy (non-hydrogen) atoms. The monoisotopic (exact) mass is 358 g/mol. The molecule has 0 aliphatic rings. The van der Waals surface area contributed by atoms with Crippen molar-refractivity contribution in [3.05, 3.63) is 98.3 Å². The first-order chi connectivity index (χ1) is 13.0. The lowest BCUT2D eigenvalue weighted by Crippen LogP contribution is -2.25. The predicted molar refractivity (Wildman–Crippen MR) is 104 cm³/mol. The van der Waals surface area contributed by atoms with Gasteiger partial charge in [-0.05, 0) is 49.2 Å². The van der Waals surface area contributed by atoms with E-state index >= 15 is 0 Å². The molecule has 4 aromatic rings. The van der Waals surface area contributed by atoms with Crippen LogP contribution in [-0.2, 0) is 6.54 Å². The van der Waals surface area contributed by atoms with Crippen LogP contribution in [0.1, 0.15) is 16.8 Å². The Labute approximate surface area is 155 Å². The van der Waals surface area contributed by atoms with Crippen molar-refractivity contribution in [1.82, 2.24) is 19.2 Å². The number of rotatable bonds is 3. The molecule has 0 bridgehead atoms. The Balaban J connectivity index is 1.75. The van der Waals surface area contributed by atoms with Crippen LogP contribution in [0.5, 0.6) is 0 Å². The summed E-state index contributed by atoms with van der Waals surface area (Å²) < 4.78 is 2.80. The van der Waals surface area contributed by atoms with E-state index in [-0.39, 0.29) is 17.7 Å². The molecule has 3 aromatic heterocycles. The van der Waals surface area contributed by atoms with Gasteiger partial charge in [-0.3, -0.25) is 14.0 Å². The third-order valence-electron chi connectivity index (χ3n) is 4.61. The van der Waals surface area contributed by atoms with E-state index in [0.717, 1.165) is 11.1 Å². The van der Waals surface area contributed by atoms with Crippen LogP contribution in [0.25, 0.3) is 16.9 Å². The number of hydrogen-bond donors (Lipinski definition) is 0. The molecule has 0 unspecified atom stereocenters. The smallest absolute Gasteiger partial charge is 0.267 e.